The van der Waals surface area contributed by atoms with Crippen LogP contribution in [0.3, 0.4) is 0 Å². The first kappa shape index (κ1) is 20.8. The minimum absolute atomic E-state index is 0.00255. The molecule has 0 atom stereocenters. The van der Waals surface area contributed by atoms with Gasteiger partial charge in [0.15, 0.2) is 17.3 Å². The number of nitrogens with zero attached hydrogens (tertiary/aromatic N) is 1. The monoisotopic (exact) mass is 393 g/mol. The van der Waals surface area contributed by atoms with E-state index < -0.39 is 28.8 Å². The van der Waals surface area contributed by atoms with Gasteiger partial charge >= 0.3 is 6.61 Å². The van der Waals surface area contributed by atoms with E-state index in [1.807, 2.05) is 6.92 Å². The number of rotatable bonds is 9. The van der Waals surface area contributed by atoms with Crippen LogP contribution in [-0.2, 0) is 0 Å². The maximum absolute atomic E-state index is 12.5. The second-order valence-corrected chi connectivity index (χ2v) is 5.35. The molecule has 0 fully saturated rings. The fourth-order valence-corrected chi connectivity index (χ4v) is 2.35. The summed E-state index contributed by atoms with van der Waals surface area (Å²) in [6, 6.07) is 8.36. The lowest BCUT2D eigenvalue weighted by Gasteiger charge is -2.10. The molecule has 7 nitrogen and oxygen atoms in total. The van der Waals surface area contributed by atoms with Gasteiger partial charge in [0, 0.05) is 5.56 Å². The van der Waals surface area contributed by atoms with Gasteiger partial charge in [-0.25, -0.2) is 0 Å². The molecule has 0 bridgehead atoms. The van der Waals surface area contributed by atoms with Crippen LogP contribution in [0.15, 0.2) is 42.5 Å². The fraction of sp³-hybridized carbons (Fsp3) is 0.211. The third kappa shape index (κ3) is 5.26. The highest BCUT2D eigenvalue weighted by Crippen LogP contribution is 2.36. The lowest BCUT2D eigenvalue weighted by molar-refractivity contribution is -0.385. The third-order valence-corrected chi connectivity index (χ3v) is 3.59. The summed E-state index contributed by atoms with van der Waals surface area (Å²) in [4.78, 5) is 22.8. The Morgan fingerprint density at radius 3 is 2.43 bits per heavy atom. The summed E-state index contributed by atoms with van der Waals surface area (Å²) < 4.78 is 39.4. The number of alkyl halides is 2. The summed E-state index contributed by atoms with van der Waals surface area (Å²) in [6.45, 7) is -0.846. The highest BCUT2D eigenvalue weighted by atomic mass is 19.3. The molecule has 0 aliphatic rings. The molecule has 2 aromatic rings. The fourth-order valence-electron chi connectivity index (χ4n) is 2.35. The number of methoxy groups -OCH3 is 1. The third-order valence-electron chi connectivity index (χ3n) is 3.59. The first-order chi connectivity index (χ1) is 13.3. The molecule has 28 heavy (non-hydrogen) atoms. The quantitative estimate of drug-likeness (QED) is 0.270. The molecule has 0 radical (unpaired) electrons. The number of carbonyl (C=O) groups is 1. The van der Waals surface area contributed by atoms with E-state index in [1.165, 1.54) is 13.2 Å². The largest absolute Gasteiger partial charge is 0.494 e. The molecular formula is C19H17F2NO6. The van der Waals surface area contributed by atoms with Gasteiger partial charge in [-0.3, -0.25) is 14.9 Å². The average molecular weight is 393 g/mol. The van der Waals surface area contributed by atoms with Crippen LogP contribution in [0.25, 0.3) is 6.08 Å². The lowest BCUT2D eigenvalue weighted by atomic mass is 10.1. The molecule has 0 amide bonds. The molecule has 0 spiro atoms. The van der Waals surface area contributed by atoms with Crippen molar-refractivity contribution in [3.8, 4) is 17.2 Å². The zero-order valence-electron chi connectivity index (χ0n) is 15.1. The van der Waals surface area contributed by atoms with Gasteiger partial charge in [0.2, 0.25) is 0 Å². The van der Waals surface area contributed by atoms with Crippen molar-refractivity contribution in [3.63, 3.8) is 0 Å². The number of hydrogen-bond donors (Lipinski definition) is 0. The Balaban J connectivity index is 2.32. The number of nitro groups is 1. The van der Waals surface area contributed by atoms with Gasteiger partial charge in [0.25, 0.3) is 5.69 Å². The molecule has 0 saturated heterocycles. The van der Waals surface area contributed by atoms with Crippen LogP contribution in [0.4, 0.5) is 14.5 Å². The van der Waals surface area contributed by atoms with Crippen LogP contribution in [0, 0.1) is 10.1 Å². The Morgan fingerprint density at radius 2 is 1.89 bits per heavy atom. The van der Waals surface area contributed by atoms with E-state index in [-0.39, 0.29) is 11.3 Å². The van der Waals surface area contributed by atoms with Crippen LogP contribution in [0.5, 0.6) is 17.2 Å². The van der Waals surface area contributed by atoms with Gasteiger partial charge in [0.1, 0.15) is 5.75 Å². The van der Waals surface area contributed by atoms with Gasteiger partial charge < -0.3 is 14.2 Å². The number of halogens is 2. The zero-order valence-corrected chi connectivity index (χ0v) is 15.1. The summed E-state index contributed by atoms with van der Waals surface area (Å²) in [5.41, 5.74) is -0.151. The molecule has 0 heterocycles. The SMILES string of the molecule is CCOc1ccc(C(=O)/C=C/c2cc(OC)c(OC(F)F)cc2[N+](=O)[O-])cc1. The average Bonchev–Trinajstić information content (AvgIpc) is 2.66. The first-order valence-electron chi connectivity index (χ1n) is 8.12. The molecule has 2 rings (SSSR count). The molecule has 0 aliphatic carbocycles. The van der Waals surface area contributed by atoms with Gasteiger partial charge in [-0.15, -0.1) is 0 Å². The molecular weight excluding hydrogens is 376 g/mol. The highest BCUT2D eigenvalue weighted by molar-refractivity contribution is 6.07. The summed E-state index contributed by atoms with van der Waals surface area (Å²) in [5.74, 6) is -0.388. The minimum atomic E-state index is -3.17. The highest BCUT2D eigenvalue weighted by Gasteiger charge is 2.20. The normalized spacial score (nSPS) is 10.9. The van der Waals surface area contributed by atoms with Crippen molar-refractivity contribution in [2.24, 2.45) is 0 Å². The van der Waals surface area contributed by atoms with Crippen LogP contribution in [0.2, 0.25) is 0 Å². The Morgan fingerprint density at radius 1 is 1.21 bits per heavy atom. The van der Waals surface area contributed by atoms with Crippen molar-refractivity contribution in [3.05, 3.63) is 63.7 Å². The van der Waals surface area contributed by atoms with Gasteiger partial charge in [0.05, 0.1) is 30.3 Å². The maximum Gasteiger partial charge on any atom is 0.387 e. The summed E-state index contributed by atoms with van der Waals surface area (Å²) >= 11 is 0. The topological polar surface area (TPSA) is 87.9 Å². The number of nitro benzene ring substituents is 1. The van der Waals surface area contributed by atoms with E-state index in [0.717, 1.165) is 18.2 Å². The van der Waals surface area contributed by atoms with Crippen LogP contribution < -0.4 is 14.2 Å². The number of allylic oxidation sites excluding steroid dienone is 1. The first-order valence-corrected chi connectivity index (χ1v) is 8.12. The van der Waals surface area contributed by atoms with Crippen molar-refractivity contribution in [2.45, 2.75) is 13.5 Å². The number of ether oxygens (including phenoxy) is 3. The van der Waals surface area contributed by atoms with Crippen LogP contribution in [0.1, 0.15) is 22.8 Å². The van der Waals surface area contributed by atoms with Crippen molar-refractivity contribution < 1.29 is 32.7 Å². The molecule has 0 unspecified atom stereocenters. The molecule has 0 aliphatic heterocycles. The van der Waals surface area contributed by atoms with E-state index in [4.69, 9.17) is 9.47 Å². The minimum Gasteiger partial charge on any atom is -0.494 e. The van der Waals surface area contributed by atoms with Gasteiger partial charge in [-0.2, -0.15) is 8.78 Å². The standard InChI is InChI=1S/C19H17F2NO6/c1-3-27-14-7-4-12(5-8-14)16(23)9-6-13-10-17(26-2)18(28-19(20)21)11-15(13)22(24)25/h4-11,19H,3H2,1-2H3/b9-6+. The second-order valence-electron chi connectivity index (χ2n) is 5.35. The van der Waals surface area contributed by atoms with Crippen molar-refractivity contribution in [1.29, 1.82) is 0 Å². The molecule has 0 N–H and O–H groups in total. The Hall–Kier alpha value is -3.49. The predicted octanol–water partition coefficient (Wildman–Crippen LogP) is 4.50. The lowest BCUT2D eigenvalue weighted by Crippen LogP contribution is -2.05. The van der Waals surface area contributed by atoms with Crippen molar-refractivity contribution in [1.82, 2.24) is 0 Å². The van der Waals surface area contributed by atoms with E-state index >= 15 is 0 Å². The molecule has 0 aromatic heterocycles. The number of hydrogen-bond acceptors (Lipinski definition) is 6. The Bertz CT molecular complexity index is 881. The van der Waals surface area contributed by atoms with Crippen molar-refractivity contribution in [2.75, 3.05) is 13.7 Å². The van der Waals surface area contributed by atoms with Crippen LogP contribution in [-0.4, -0.2) is 31.0 Å². The van der Waals surface area contributed by atoms with E-state index in [0.29, 0.717) is 17.9 Å². The van der Waals surface area contributed by atoms with Crippen LogP contribution >= 0.6 is 0 Å². The zero-order chi connectivity index (χ0) is 20.7. The van der Waals surface area contributed by atoms with Gasteiger partial charge in [-0.1, -0.05) is 0 Å². The molecule has 9 heteroatoms. The number of carbonyl (C=O) groups excluding carboxylic acids is 1. The number of ketones is 1. The second kappa shape index (κ2) is 9.45. The Labute approximate surface area is 159 Å². The predicted molar refractivity (Wildman–Crippen MR) is 97.3 cm³/mol. The summed E-state index contributed by atoms with van der Waals surface area (Å²) in [5, 5.41) is 11.3. The maximum atomic E-state index is 12.5. The summed E-state index contributed by atoms with van der Waals surface area (Å²) in [6.07, 6.45) is 2.36. The van der Waals surface area contributed by atoms with E-state index in [2.05, 4.69) is 4.74 Å². The van der Waals surface area contributed by atoms with Crippen molar-refractivity contribution >= 4 is 17.5 Å². The Kier molecular flexibility index (Phi) is 7.02. The van der Waals surface area contributed by atoms with E-state index in [9.17, 15) is 23.7 Å². The summed E-state index contributed by atoms with van der Waals surface area (Å²) in [7, 11) is 1.21. The molecule has 0 saturated carbocycles. The van der Waals surface area contributed by atoms with Gasteiger partial charge in [-0.05, 0) is 49.4 Å². The number of benzene rings is 2. The smallest absolute Gasteiger partial charge is 0.387 e. The van der Waals surface area contributed by atoms with E-state index in [1.54, 1.807) is 24.3 Å². The molecule has 2 aromatic carbocycles. The molecule has 148 valence electrons.